The molecular formula is C30H33N3O5P+. The lowest BCUT2D eigenvalue weighted by atomic mass is 10.1. The van der Waals surface area contributed by atoms with Gasteiger partial charge in [-0.1, -0.05) is 60.7 Å². The molecule has 1 N–H and O–H groups in total. The number of hydrogen-bond donors (Lipinski definition) is 1. The minimum Gasteiger partial charge on any atom is -0.456 e. The summed E-state index contributed by atoms with van der Waals surface area (Å²) in [7, 11) is -3.02. The molecule has 2 aliphatic heterocycles. The van der Waals surface area contributed by atoms with Gasteiger partial charge in [0.2, 0.25) is 0 Å². The summed E-state index contributed by atoms with van der Waals surface area (Å²) in [5.74, 6) is 4.63. The fraction of sp³-hybridized carbons (Fsp3) is 0.267. The average molecular weight is 547 g/mol. The van der Waals surface area contributed by atoms with Crippen LogP contribution >= 0.6 is 7.29 Å². The van der Waals surface area contributed by atoms with Gasteiger partial charge in [-0.05, 0) is 12.1 Å². The van der Waals surface area contributed by atoms with E-state index in [9.17, 15) is 14.7 Å². The maximum atomic E-state index is 14.1. The molecular weight excluding hydrogens is 513 g/mol. The maximum absolute atomic E-state index is 14.1. The molecule has 39 heavy (non-hydrogen) atoms. The summed E-state index contributed by atoms with van der Waals surface area (Å²) in [4.78, 5) is 10.7. The van der Waals surface area contributed by atoms with Crippen molar-refractivity contribution in [3.8, 4) is 0 Å². The number of non-ortho nitro benzene ring substituents is 1. The number of nitrogens with zero attached hydrogens (tertiary/aromatic N) is 2. The Labute approximate surface area is 228 Å². The van der Waals surface area contributed by atoms with Crippen LogP contribution in [0.25, 0.3) is 11.5 Å². The van der Waals surface area contributed by atoms with Crippen LogP contribution in [0, 0.1) is 10.1 Å². The van der Waals surface area contributed by atoms with Crippen molar-refractivity contribution < 1.29 is 23.4 Å². The van der Waals surface area contributed by atoms with E-state index in [0.717, 1.165) is 53.8 Å². The molecule has 8 nitrogen and oxygen atoms in total. The second-order valence-corrected chi connectivity index (χ2v) is 12.2. The zero-order valence-corrected chi connectivity index (χ0v) is 22.7. The lowest BCUT2D eigenvalue weighted by Crippen LogP contribution is -2.55. The van der Waals surface area contributed by atoms with Gasteiger partial charge in [0, 0.05) is 53.4 Å². The molecule has 202 valence electrons. The zero-order valence-electron chi connectivity index (χ0n) is 21.8. The fourth-order valence-electron chi connectivity index (χ4n) is 5.09. The van der Waals surface area contributed by atoms with E-state index in [1.54, 1.807) is 23.8 Å². The Balaban J connectivity index is 1.29. The predicted molar refractivity (Wildman–Crippen MR) is 153 cm³/mol. The Morgan fingerprint density at radius 2 is 1.41 bits per heavy atom. The van der Waals surface area contributed by atoms with Crippen molar-refractivity contribution in [2.75, 3.05) is 39.4 Å². The summed E-state index contributed by atoms with van der Waals surface area (Å²) in [6, 6.07) is 26.3. The van der Waals surface area contributed by atoms with Crippen molar-refractivity contribution in [2.24, 2.45) is 0 Å². The Bertz CT molecular complexity index is 1330. The molecule has 0 atom stereocenters. The average Bonchev–Trinajstić information content (AvgIpc) is 2.97. The van der Waals surface area contributed by atoms with Crippen LogP contribution in [-0.2, 0) is 20.6 Å². The molecule has 0 saturated carbocycles. The smallest absolute Gasteiger partial charge is 0.269 e. The first-order valence-corrected chi connectivity index (χ1v) is 15.0. The van der Waals surface area contributed by atoms with E-state index in [-0.39, 0.29) is 10.6 Å². The van der Waals surface area contributed by atoms with Gasteiger partial charge in [0.25, 0.3) is 5.69 Å². The molecule has 3 aromatic rings. The van der Waals surface area contributed by atoms with Gasteiger partial charge in [0.05, 0.1) is 24.7 Å². The number of morpholine rings is 1. The third-order valence-electron chi connectivity index (χ3n) is 7.21. The number of benzene rings is 3. The van der Waals surface area contributed by atoms with Gasteiger partial charge in [0.15, 0.2) is 7.29 Å². The van der Waals surface area contributed by atoms with Crippen LogP contribution in [0.15, 0.2) is 96.6 Å². The normalized spacial score (nSPS) is 17.9. The highest BCUT2D eigenvalue weighted by Crippen LogP contribution is 2.53. The van der Waals surface area contributed by atoms with E-state index in [1.165, 1.54) is 0 Å². The van der Waals surface area contributed by atoms with Gasteiger partial charge < -0.3 is 14.0 Å². The maximum Gasteiger partial charge on any atom is 0.269 e. The van der Waals surface area contributed by atoms with E-state index in [2.05, 4.69) is 5.09 Å². The molecule has 0 aliphatic carbocycles. The van der Waals surface area contributed by atoms with Crippen LogP contribution in [0.5, 0.6) is 0 Å². The molecule has 1 fully saturated rings. The number of nitro benzene ring substituents is 1. The van der Waals surface area contributed by atoms with E-state index >= 15 is 0 Å². The molecule has 3 aromatic carbocycles. The lowest BCUT2D eigenvalue weighted by Gasteiger charge is -2.41. The van der Waals surface area contributed by atoms with Crippen molar-refractivity contribution in [3.63, 3.8) is 0 Å². The van der Waals surface area contributed by atoms with E-state index in [0.29, 0.717) is 31.3 Å². The van der Waals surface area contributed by atoms with Crippen LogP contribution in [0.2, 0.25) is 0 Å². The van der Waals surface area contributed by atoms with E-state index in [1.807, 2.05) is 72.8 Å². The Hall–Kier alpha value is -3.55. The van der Waals surface area contributed by atoms with Crippen LogP contribution in [0.4, 0.5) is 5.69 Å². The molecule has 5 rings (SSSR count). The molecule has 0 spiro atoms. The highest BCUT2D eigenvalue weighted by Gasteiger charge is 2.31. The Kier molecular flexibility index (Phi) is 8.38. The Morgan fingerprint density at radius 3 is 1.95 bits per heavy atom. The van der Waals surface area contributed by atoms with Gasteiger partial charge in [-0.2, -0.15) is 0 Å². The molecule has 1 saturated heterocycles. The van der Waals surface area contributed by atoms with Crippen molar-refractivity contribution in [2.45, 2.75) is 13.0 Å². The molecule has 0 unspecified atom stereocenters. The van der Waals surface area contributed by atoms with Gasteiger partial charge in [-0.25, -0.2) is 0 Å². The SMILES string of the molecule is O=[N+]([O-])c1ccc(C[N+]2(CCCNP3(=O)C=C(c4ccccc4)OC(c4ccccc4)=C3)CCOCC2)cc1. The molecule has 0 bridgehead atoms. The highest BCUT2D eigenvalue weighted by atomic mass is 31.2. The number of quaternary nitrogens is 1. The van der Waals surface area contributed by atoms with Crippen molar-refractivity contribution in [3.05, 3.63) is 123 Å². The molecule has 0 amide bonds. The van der Waals surface area contributed by atoms with Crippen LogP contribution in [0.1, 0.15) is 23.1 Å². The molecule has 2 heterocycles. The number of nitro groups is 1. The quantitative estimate of drug-likeness (QED) is 0.107. The van der Waals surface area contributed by atoms with E-state index in [4.69, 9.17) is 9.47 Å². The standard InChI is InChI=1S/C30H33N3O5P/c34-32(35)28-14-12-25(13-15-28)22-33(18-20-37-21-19-33)17-7-16-31-39(36)23-29(26-8-3-1-4-9-26)38-30(24-39)27-10-5-2-6-11-27/h1-6,8-15,23-24H,7,16-22H2,(H,31,36)/q+1. The third kappa shape index (κ3) is 6.91. The van der Waals surface area contributed by atoms with Gasteiger partial charge in [-0.15, -0.1) is 0 Å². The monoisotopic (exact) mass is 546 g/mol. The first kappa shape index (κ1) is 27.0. The largest absolute Gasteiger partial charge is 0.456 e. The number of ether oxygens (including phenoxy) is 2. The second kappa shape index (κ2) is 12.1. The van der Waals surface area contributed by atoms with Crippen LogP contribution < -0.4 is 5.09 Å². The first-order chi connectivity index (χ1) is 18.9. The molecule has 0 radical (unpaired) electrons. The zero-order chi connectivity index (χ0) is 27.1. The van der Waals surface area contributed by atoms with Gasteiger partial charge >= 0.3 is 0 Å². The minimum absolute atomic E-state index is 0.100. The van der Waals surface area contributed by atoms with Crippen LogP contribution in [0.3, 0.4) is 0 Å². The number of hydrogen-bond acceptors (Lipinski definition) is 5. The summed E-state index contributed by atoms with van der Waals surface area (Å²) < 4.78 is 26.8. The minimum atomic E-state index is -3.02. The van der Waals surface area contributed by atoms with Crippen molar-refractivity contribution >= 4 is 24.5 Å². The summed E-state index contributed by atoms with van der Waals surface area (Å²) in [6.45, 7) is 5.36. The summed E-state index contributed by atoms with van der Waals surface area (Å²) in [6.07, 6.45) is 0.820. The third-order valence-corrected chi connectivity index (χ3v) is 9.16. The van der Waals surface area contributed by atoms with E-state index < -0.39 is 7.29 Å². The fourth-order valence-corrected chi connectivity index (χ4v) is 6.95. The van der Waals surface area contributed by atoms with Crippen molar-refractivity contribution in [1.82, 2.24) is 5.09 Å². The Morgan fingerprint density at radius 1 is 0.846 bits per heavy atom. The molecule has 9 heteroatoms. The highest BCUT2D eigenvalue weighted by molar-refractivity contribution is 7.68. The van der Waals surface area contributed by atoms with Gasteiger partial charge in [0.1, 0.15) is 31.2 Å². The summed E-state index contributed by atoms with van der Waals surface area (Å²) >= 11 is 0. The number of rotatable bonds is 10. The van der Waals surface area contributed by atoms with Gasteiger partial charge in [-0.3, -0.25) is 19.8 Å². The molecule has 2 aliphatic rings. The first-order valence-electron chi connectivity index (χ1n) is 13.2. The molecule has 0 aromatic heterocycles. The van der Waals surface area contributed by atoms with Crippen LogP contribution in [-0.4, -0.2) is 48.8 Å². The lowest BCUT2D eigenvalue weighted by molar-refractivity contribution is -0.947. The topological polar surface area (TPSA) is 90.7 Å². The second-order valence-electron chi connectivity index (χ2n) is 10.00. The summed E-state index contributed by atoms with van der Waals surface area (Å²) in [5, 5.41) is 14.4. The summed E-state index contributed by atoms with van der Waals surface area (Å²) in [5.41, 5.74) is 2.92. The predicted octanol–water partition coefficient (Wildman–Crippen LogP) is 6.23. The number of nitrogens with one attached hydrogen (secondary N) is 1. The van der Waals surface area contributed by atoms with Crippen molar-refractivity contribution in [1.29, 1.82) is 0 Å².